The number of alkyl halides is 2. The number of pyridine rings is 1. The van der Waals surface area contributed by atoms with Crippen molar-refractivity contribution < 1.29 is 8.78 Å². The number of aryl methyl sites for hydroxylation is 1. The van der Waals surface area contributed by atoms with Gasteiger partial charge in [-0.2, -0.15) is 0 Å². The monoisotopic (exact) mass is 262 g/mol. The number of benzene rings is 1. The van der Waals surface area contributed by atoms with Crippen LogP contribution in [0.5, 0.6) is 0 Å². The molecule has 0 saturated heterocycles. The van der Waals surface area contributed by atoms with Crippen molar-refractivity contribution in [2.24, 2.45) is 0 Å². The van der Waals surface area contributed by atoms with E-state index in [-0.39, 0.29) is 5.56 Å². The Morgan fingerprint density at radius 3 is 2.53 bits per heavy atom. The molecule has 2 aromatic rings. The predicted octanol–water partition coefficient (Wildman–Crippen LogP) is 4.21. The number of halogens is 2. The van der Waals surface area contributed by atoms with Crippen LogP contribution in [-0.2, 0) is 5.92 Å². The molecule has 0 radical (unpaired) electrons. The lowest BCUT2D eigenvalue weighted by atomic mass is 9.97. The Hall–Kier alpha value is -1.97. The Labute approximate surface area is 111 Å². The zero-order chi connectivity index (χ0) is 14.0. The molecule has 1 heterocycles. The minimum atomic E-state index is -2.87. The topological polar surface area (TPSA) is 24.9 Å². The van der Waals surface area contributed by atoms with E-state index in [1.54, 1.807) is 31.4 Å². The number of nitrogens with zero attached hydrogens (tertiary/aromatic N) is 1. The fourth-order valence-electron chi connectivity index (χ4n) is 2.05. The third kappa shape index (κ3) is 2.72. The van der Waals surface area contributed by atoms with Crippen LogP contribution < -0.4 is 5.32 Å². The van der Waals surface area contributed by atoms with E-state index in [0.717, 1.165) is 18.3 Å². The second-order valence-corrected chi connectivity index (χ2v) is 4.54. The summed E-state index contributed by atoms with van der Waals surface area (Å²) >= 11 is 0. The number of hydrogen-bond acceptors (Lipinski definition) is 2. The van der Waals surface area contributed by atoms with Gasteiger partial charge >= 0.3 is 0 Å². The van der Waals surface area contributed by atoms with E-state index in [1.807, 2.05) is 13.0 Å². The quantitative estimate of drug-likeness (QED) is 0.896. The minimum absolute atomic E-state index is 0.0164. The Morgan fingerprint density at radius 1 is 1.21 bits per heavy atom. The third-order valence-electron chi connectivity index (χ3n) is 3.07. The average Bonchev–Trinajstić information content (AvgIpc) is 2.38. The average molecular weight is 262 g/mol. The first-order valence-corrected chi connectivity index (χ1v) is 6.05. The summed E-state index contributed by atoms with van der Waals surface area (Å²) in [5, 5.41) is 3.01. The molecule has 0 atom stereocenters. The van der Waals surface area contributed by atoms with E-state index in [4.69, 9.17) is 0 Å². The molecule has 0 amide bonds. The van der Waals surface area contributed by atoms with Crippen LogP contribution in [-0.4, -0.2) is 12.0 Å². The van der Waals surface area contributed by atoms with Crippen molar-refractivity contribution in [3.8, 4) is 11.1 Å². The first-order valence-electron chi connectivity index (χ1n) is 6.05. The van der Waals surface area contributed by atoms with E-state index < -0.39 is 5.92 Å². The normalized spacial score (nSPS) is 11.4. The van der Waals surface area contributed by atoms with Crippen LogP contribution >= 0.6 is 0 Å². The SMILES string of the molecule is CNc1cc(-c2ccccc2C(C)(F)F)cnc1C. The number of nitrogens with one attached hydrogen (secondary N) is 1. The van der Waals surface area contributed by atoms with Crippen molar-refractivity contribution in [1.29, 1.82) is 0 Å². The maximum atomic E-state index is 13.6. The van der Waals surface area contributed by atoms with Gasteiger partial charge in [-0.3, -0.25) is 4.98 Å². The summed E-state index contributed by atoms with van der Waals surface area (Å²) in [6, 6.07) is 8.36. The Bertz CT molecular complexity index is 589. The lowest BCUT2D eigenvalue weighted by molar-refractivity contribution is 0.0181. The zero-order valence-electron chi connectivity index (χ0n) is 11.2. The van der Waals surface area contributed by atoms with Crippen molar-refractivity contribution in [2.45, 2.75) is 19.8 Å². The minimum Gasteiger partial charge on any atom is -0.387 e. The van der Waals surface area contributed by atoms with Crippen molar-refractivity contribution in [1.82, 2.24) is 4.98 Å². The van der Waals surface area contributed by atoms with E-state index in [2.05, 4.69) is 10.3 Å². The van der Waals surface area contributed by atoms with Crippen LogP contribution in [0.4, 0.5) is 14.5 Å². The fourth-order valence-corrected chi connectivity index (χ4v) is 2.05. The molecular formula is C15H16F2N2. The summed E-state index contributed by atoms with van der Waals surface area (Å²) in [5.41, 5.74) is 2.90. The van der Waals surface area contributed by atoms with E-state index in [1.165, 1.54) is 6.07 Å². The highest BCUT2D eigenvalue weighted by atomic mass is 19.3. The molecule has 19 heavy (non-hydrogen) atoms. The van der Waals surface area contributed by atoms with Gasteiger partial charge in [0.15, 0.2) is 0 Å². The molecule has 4 heteroatoms. The summed E-state index contributed by atoms with van der Waals surface area (Å²) in [7, 11) is 1.79. The molecule has 0 bridgehead atoms. The third-order valence-corrected chi connectivity index (χ3v) is 3.07. The molecular weight excluding hydrogens is 246 g/mol. The zero-order valence-corrected chi connectivity index (χ0v) is 11.2. The molecule has 100 valence electrons. The lowest BCUT2D eigenvalue weighted by Gasteiger charge is -2.16. The summed E-state index contributed by atoms with van der Waals surface area (Å²) in [6.07, 6.45) is 1.63. The van der Waals surface area contributed by atoms with Crippen molar-refractivity contribution >= 4 is 5.69 Å². The summed E-state index contributed by atoms with van der Waals surface area (Å²) in [6.45, 7) is 2.78. The highest BCUT2D eigenvalue weighted by Gasteiger charge is 2.27. The molecule has 0 aliphatic rings. The first-order chi connectivity index (χ1) is 8.93. The molecule has 1 aromatic heterocycles. The van der Waals surface area contributed by atoms with Crippen molar-refractivity contribution in [3.63, 3.8) is 0 Å². The summed E-state index contributed by atoms with van der Waals surface area (Å²) < 4.78 is 27.3. The van der Waals surface area contributed by atoms with Crippen LogP contribution in [0.25, 0.3) is 11.1 Å². The molecule has 0 saturated carbocycles. The molecule has 0 unspecified atom stereocenters. The van der Waals surface area contributed by atoms with E-state index in [0.29, 0.717) is 11.1 Å². The van der Waals surface area contributed by atoms with Gasteiger partial charge in [0, 0.05) is 31.3 Å². The largest absolute Gasteiger partial charge is 0.387 e. The highest BCUT2D eigenvalue weighted by molar-refractivity contribution is 5.71. The van der Waals surface area contributed by atoms with Crippen LogP contribution in [0, 0.1) is 6.92 Å². The van der Waals surface area contributed by atoms with Gasteiger partial charge in [0.2, 0.25) is 0 Å². The molecule has 0 aliphatic heterocycles. The maximum absolute atomic E-state index is 13.6. The maximum Gasteiger partial charge on any atom is 0.271 e. The number of aromatic nitrogens is 1. The molecule has 2 rings (SSSR count). The van der Waals surface area contributed by atoms with Gasteiger partial charge in [-0.25, -0.2) is 8.78 Å². The molecule has 1 aromatic carbocycles. The molecule has 1 N–H and O–H groups in total. The van der Waals surface area contributed by atoms with Crippen LogP contribution in [0.1, 0.15) is 18.2 Å². The van der Waals surface area contributed by atoms with Gasteiger partial charge in [-0.15, -0.1) is 0 Å². The Morgan fingerprint density at radius 2 is 1.89 bits per heavy atom. The Balaban J connectivity index is 2.59. The number of rotatable bonds is 3. The summed E-state index contributed by atoms with van der Waals surface area (Å²) in [4.78, 5) is 4.24. The van der Waals surface area contributed by atoms with Crippen molar-refractivity contribution in [2.75, 3.05) is 12.4 Å². The van der Waals surface area contributed by atoms with Gasteiger partial charge in [0.05, 0.1) is 11.4 Å². The van der Waals surface area contributed by atoms with Crippen LogP contribution in [0.2, 0.25) is 0 Å². The van der Waals surface area contributed by atoms with Crippen LogP contribution in [0.3, 0.4) is 0 Å². The standard InChI is InChI=1S/C15H16F2N2/c1-10-14(18-3)8-11(9-19-10)12-6-4-5-7-13(12)15(2,16)17/h4-9,18H,1-3H3. The lowest BCUT2D eigenvalue weighted by Crippen LogP contribution is -2.09. The second-order valence-electron chi connectivity index (χ2n) is 4.54. The first kappa shape index (κ1) is 13.5. The summed E-state index contributed by atoms with van der Waals surface area (Å²) in [5.74, 6) is -2.87. The fraction of sp³-hybridized carbons (Fsp3) is 0.267. The molecule has 0 fully saturated rings. The van der Waals surface area contributed by atoms with Crippen molar-refractivity contribution in [3.05, 3.63) is 47.8 Å². The van der Waals surface area contributed by atoms with Gasteiger partial charge in [-0.05, 0) is 18.6 Å². The van der Waals surface area contributed by atoms with Gasteiger partial charge in [0.25, 0.3) is 5.92 Å². The second kappa shape index (κ2) is 4.96. The predicted molar refractivity (Wildman–Crippen MR) is 73.5 cm³/mol. The van der Waals surface area contributed by atoms with Gasteiger partial charge in [-0.1, -0.05) is 24.3 Å². The molecule has 0 spiro atoms. The smallest absolute Gasteiger partial charge is 0.271 e. The van der Waals surface area contributed by atoms with Gasteiger partial charge < -0.3 is 5.32 Å². The van der Waals surface area contributed by atoms with E-state index in [9.17, 15) is 8.78 Å². The Kier molecular flexibility index (Phi) is 3.51. The molecule has 2 nitrogen and oxygen atoms in total. The highest BCUT2D eigenvalue weighted by Crippen LogP contribution is 2.36. The number of anilines is 1. The number of hydrogen-bond donors (Lipinski definition) is 1. The van der Waals surface area contributed by atoms with Crippen LogP contribution in [0.15, 0.2) is 36.5 Å². The molecule has 0 aliphatic carbocycles. The van der Waals surface area contributed by atoms with E-state index >= 15 is 0 Å². The van der Waals surface area contributed by atoms with Gasteiger partial charge in [0.1, 0.15) is 0 Å².